The summed E-state index contributed by atoms with van der Waals surface area (Å²) in [5.41, 5.74) is 7.39. The number of rotatable bonds is 4. The van der Waals surface area contributed by atoms with Crippen LogP contribution in [-0.2, 0) is 0 Å². The molecule has 0 heterocycles. The summed E-state index contributed by atoms with van der Waals surface area (Å²) >= 11 is 2.24. The van der Waals surface area contributed by atoms with E-state index < -0.39 is 0 Å². The minimum Gasteiger partial charge on any atom is -0.399 e. The van der Waals surface area contributed by atoms with Crippen molar-refractivity contribution in [2.75, 3.05) is 24.2 Å². The highest BCUT2D eigenvalue weighted by molar-refractivity contribution is 14.1. The van der Waals surface area contributed by atoms with E-state index in [0.29, 0.717) is 0 Å². The van der Waals surface area contributed by atoms with Crippen LogP contribution in [0, 0.1) is 8.99 Å². The number of aliphatic hydroxyl groups excluding tert-OH is 1. The minimum atomic E-state index is -0.107. The number of hydrogen-bond acceptors (Lipinski definition) is 3. The van der Waals surface area contributed by atoms with Crippen LogP contribution in [0.15, 0.2) is 18.2 Å². The van der Waals surface area contributed by atoms with E-state index in [1.807, 2.05) is 32.0 Å². The van der Waals surface area contributed by atoms with E-state index in [4.69, 9.17) is 10.8 Å². The molecule has 0 bridgehead atoms. The van der Waals surface area contributed by atoms with Crippen molar-refractivity contribution in [2.24, 2.45) is 5.41 Å². The third-order valence-corrected chi connectivity index (χ3v) is 3.07. The van der Waals surface area contributed by atoms with Crippen LogP contribution >= 0.6 is 22.6 Å². The molecule has 4 N–H and O–H groups in total. The van der Waals surface area contributed by atoms with Gasteiger partial charge in [0.2, 0.25) is 0 Å². The first-order chi connectivity index (χ1) is 6.94. The largest absolute Gasteiger partial charge is 0.399 e. The standard InChI is InChI=1S/C11H17IN2O/c1-11(2,7-15)6-14-10-4-3-8(13)5-9(10)12/h3-5,14-15H,6-7,13H2,1-2H3. The van der Waals surface area contributed by atoms with Crippen LogP contribution in [0.1, 0.15) is 13.8 Å². The Morgan fingerprint density at radius 3 is 2.67 bits per heavy atom. The van der Waals surface area contributed by atoms with Gasteiger partial charge in [0.1, 0.15) is 0 Å². The molecule has 15 heavy (non-hydrogen) atoms. The molecule has 0 unspecified atom stereocenters. The number of nitrogen functional groups attached to an aromatic ring is 1. The van der Waals surface area contributed by atoms with Gasteiger partial charge in [-0.25, -0.2) is 0 Å². The maximum absolute atomic E-state index is 9.12. The fourth-order valence-electron chi connectivity index (χ4n) is 1.07. The second-order valence-electron chi connectivity index (χ2n) is 4.42. The monoisotopic (exact) mass is 320 g/mol. The smallest absolute Gasteiger partial charge is 0.0498 e. The first-order valence-corrected chi connectivity index (χ1v) is 5.92. The Balaban J connectivity index is 2.66. The van der Waals surface area contributed by atoms with E-state index in [1.165, 1.54) is 0 Å². The summed E-state index contributed by atoms with van der Waals surface area (Å²) in [4.78, 5) is 0. The summed E-state index contributed by atoms with van der Waals surface area (Å²) in [6.45, 7) is 4.95. The lowest BCUT2D eigenvalue weighted by Gasteiger charge is -2.23. The molecule has 1 aromatic carbocycles. The quantitative estimate of drug-likeness (QED) is 0.589. The molecular weight excluding hydrogens is 303 g/mol. The predicted molar refractivity (Wildman–Crippen MR) is 72.9 cm³/mol. The highest BCUT2D eigenvalue weighted by atomic mass is 127. The molecule has 0 aromatic heterocycles. The lowest BCUT2D eigenvalue weighted by atomic mass is 9.95. The molecule has 0 spiro atoms. The number of aliphatic hydroxyl groups is 1. The SMILES string of the molecule is CC(C)(CO)CNc1ccc(N)cc1I. The van der Waals surface area contributed by atoms with Crippen molar-refractivity contribution in [3.8, 4) is 0 Å². The molecule has 0 saturated carbocycles. The van der Waals surface area contributed by atoms with E-state index in [0.717, 1.165) is 21.5 Å². The second-order valence-corrected chi connectivity index (χ2v) is 5.58. The van der Waals surface area contributed by atoms with Gasteiger partial charge in [0, 0.05) is 33.5 Å². The zero-order chi connectivity index (χ0) is 11.5. The van der Waals surface area contributed by atoms with Gasteiger partial charge in [-0.15, -0.1) is 0 Å². The first kappa shape index (κ1) is 12.6. The third kappa shape index (κ3) is 3.87. The van der Waals surface area contributed by atoms with Crippen molar-refractivity contribution in [1.29, 1.82) is 0 Å². The molecule has 0 aliphatic carbocycles. The Labute approximate surface area is 104 Å². The van der Waals surface area contributed by atoms with Gasteiger partial charge in [0.15, 0.2) is 0 Å². The van der Waals surface area contributed by atoms with E-state index in [-0.39, 0.29) is 12.0 Å². The van der Waals surface area contributed by atoms with Gasteiger partial charge in [0.05, 0.1) is 0 Å². The van der Waals surface area contributed by atoms with Crippen molar-refractivity contribution in [3.63, 3.8) is 0 Å². The van der Waals surface area contributed by atoms with Crippen LogP contribution in [0.4, 0.5) is 11.4 Å². The van der Waals surface area contributed by atoms with Crippen LogP contribution in [0.25, 0.3) is 0 Å². The molecule has 84 valence electrons. The Morgan fingerprint density at radius 1 is 1.47 bits per heavy atom. The van der Waals surface area contributed by atoms with Crippen molar-refractivity contribution in [3.05, 3.63) is 21.8 Å². The highest BCUT2D eigenvalue weighted by Crippen LogP contribution is 2.22. The fraction of sp³-hybridized carbons (Fsp3) is 0.455. The molecule has 1 aromatic rings. The summed E-state index contributed by atoms with van der Waals surface area (Å²) in [6, 6.07) is 5.76. The zero-order valence-corrected chi connectivity index (χ0v) is 11.2. The van der Waals surface area contributed by atoms with Gasteiger partial charge in [-0.3, -0.25) is 0 Å². The van der Waals surface area contributed by atoms with E-state index in [1.54, 1.807) is 0 Å². The molecule has 0 aliphatic rings. The highest BCUT2D eigenvalue weighted by Gasteiger charge is 2.16. The minimum absolute atomic E-state index is 0.107. The average Bonchev–Trinajstić information content (AvgIpc) is 2.16. The number of nitrogens with two attached hydrogens (primary N) is 1. The van der Waals surface area contributed by atoms with E-state index in [2.05, 4.69) is 27.9 Å². The Bertz CT molecular complexity index is 339. The Hall–Kier alpha value is -0.490. The maximum atomic E-state index is 9.12. The van der Waals surface area contributed by atoms with Crippen LogP contribution in [0.2, 0.25) is 0 Å². The van der Waals surface area contributed by atoms with Crippen LogP contribution < -0.4 is 11.1 Å². The fourth-order valence-corrected chi connectivity index (χ4v) is 1.80. The Morgan fingerprint density at radius 2 is 2.13 bits per heavy atom. The summed E-state index contributed by atoms with van der Waals surface area (Å²) in [5, 5.41) is 12.4. The van der Waals surface area contributed by atoms with E-state index >= 15 is 0 Å². The number of halogens is 1. The summed E-state index contributed by atoms with van der Waals surface area (Å²) < 4.78 is 1.10. The molecule has 0 saturated heterocycles. The van der Waals surface area contributed by atoms with Crippen LogP contribution in [-0.4, -0.2) is 18.3 Å². The van der Waals surface area contributed by atoms with Gasteiger partial charge in [-0.2, -0.15) is 0 Å². The molecule has 0 radical (unpaired) electrons. The lowest BCUT2D eigenvalue weighted by Crippen LogP contribution is -2.27. The molecule has 1 rings (SSSR count). The van der Waals surface area contributed by atoms with Crippen molar-refractivity contribution < 1.29 is 5.11 Å². The average molecular weight is 320 g/mol. The second kappa shape index (κ2) is 5.03. The van der Waals surface area contributed by atoms with Gasteiger partial charge in [0.25, 0.3) is 0 Å². The summed E-state index contributed by atoms with van der Waals surface area (Å²) in [6.07, 6.45) is 0. The maximum Gasteiger partial charge on any atom is 0.0498 e. The molecule has 4 heteroatoms. The van der Waals surface area contributed by atoms with Crippen molar-refractivity contribution >= 4 is 34.0 Å². The molecule has 3 nitrogen and oxygen atoms in total. The van der Waals surface area contributed by atoms with Crippen LogP contribution in [0.3, 0.4) is 0 Å². The normalized spacial score (nSPS) is 11.5. The number of anilines is 2. The van der Waals surface area contributed by atoms with Crippen LogP contribution in [0.5, 0.6) is 0 Å². The number of benzene rings is 1. The molecule has 0 amide bonds. The number of hydrogen-bond donors (Lipinski definition) is 3. The van der Waals surface area contributed by atoms with Gasteiger partial charge >= 0.3 is 0 Å². The summed E-state index contributed by atoms with van der Waals surface area (Å²) in [7, 11) is 0. The predicted octanol–water partition coefficient (Wildman–Crippen LogP) is 2.30. The molecular formula is C11H17IN2O. The summed E-state index contributed by atoms with van der Waals surface area (Å²) in [5.74, 6) is 0. The van der Waals surface area contributed by atoms with Gasteiger partial charge < -0.3 is 16.2 Å². The lowest BCUT2D eigenvalue weighted by molar-refractivity contribution is 0.171. The van der Waals surface area contributed by atoms with Crippen molar-refractivity contribution in [2.45, 2.75) is 13.8 Å². The zero-order valence-electron chi connectivity index (χ0n) is 9.05. The van der Waals surface area contributed by atoms with E-state index in [9.17, 15) is 0 Å². The topological polar surface area (TPSA) is 58.3 Å². The third-order valence-electron chi connectivity index (χ3n) is 2.18. The van der Waals surface area contributed by atoms with Crippen molar-refractivity contribution in [1.82, 2.24) is 0 Å². The Kier molecular flexibility index (Phi) is 4.21. The molecule has 0 aliphatic heterocycles. The number of nitrogens with one attached hydrogen (secondary N) is 1. The van der Waals surface area contributed by atoms with Gasteiger partial charge in [-0.05, 0) is 40.8 Å². The van der Waals surface area contributed by atoms with Gasteiger partial charge in [-0.1, -0.05) is 13.8 Å². The first-order valence-electron chi connectivity index (χ1n) is 4.84. The molecule has 0 fully saturated rings. The molecule has 0 atom stereocenters.